The average molecular weight is 345 g/mol. The Morgan fingerprint density at radius 3 is 2.83 bits per heavy atom. The van der Waals surface area contributed by atoms with Crippen molar-refractivity contribution in [2.24, 2.45) is 0 Å². The topological polar surface area (TPSA) is 66.6 Å². The minimum absolute atomic E-state index is 0.122. The summed E-state index contributed by atoms with van der Waals surface area (Å²) in [6.45, 7) is 0.891. The Kier molecular flexibility index (Phi) is 6.19. The lowest BCUT2D eigenvalue weighted by molar-refractivity contribution is -0.885. The molecule has 0 aliphatic rings. The van der Waals surface area contributed by atoms with Crippen LogP contribution >= 0.6 is 11.6 Å². The number of methoxy groups -OCH3 is 1. The Hall–Kier alpha value is -2.55. The van der Waals surface area contributed by atoms with Gasteiger partial charge in [0.2, 0.25) is 0 Å². The summed E-state index contributed by atoms with van der Waals surface area (Å²) in [6, 6.07) is 14.3. The summed E-state index contributed by atoms with van der Waals surface area (Å²) >= 11 is 6.03. The second-order valence-corrected chi connectivity index (χ2v) is 5.94. The van der Waals surface area contributed by atoms with E-state index in [9.17, 15) is 4.79 Å². The lowest BCUT2D eigenvalue weighted by Gasteiger charge is -2.16. The predicted octanol–water partition coefficient (Wildman–Crippen LogP) is 1.87. The van der Waals surface area contributed by atoms with Crippen molar-refractivity contribution in [3.05, 3.63) is 58.6 Å². The Balaban J connectivity index is 1.97. The van der Waals surface area contributed by atoms with E-state index in [2.05, 4.69) is 5.32 Å². The lowest BCUT2D eigenvalue weighted by Crippen LogP contribution is -3.08. The Morgan fingerprint density at radius 2 is 2.12 bits per heavy atom. The molecule has 1 unspecified atom stereocenters. The van der Waals surface area contributed by atoms with Gasteiger partial charge in [-0.3, -0.25) is 4.79 Å². The highest BCUT2D eigenvalue weighted by atomic mass is 35.5. The number of carbonyl (C=O) groups excluding carboxylic acids is 1. The van der Waals surface area contributed by atoms with Crippen LogP contribution in [0.5, 0.6) is 5.75 Å². The number of anilines is 1. The highest BCUT2D eigenvalue weighted by Gasteiger charge is 2.14. The summed E-state index contributed by atoms with van der Waals surface area (Å²) in [4.78, 5) is 13.2. The quantitative estimate of drug-likeness (QED) is 0.840. The predicted molar refractivity (Wildman–Crippen MR) is 93.2 cm³/mol. The molecule has 2 rings (SSSR count). The van der Waals surface area contributed by atoms with E-state index in [1.807, 2.05) is 25.2 Å². The van der Waals surface area contributed by atoms with Crippen molar-refractivity contribution >= 4 is 23.2 Å². The molecule has 1 amide bonds. The molecule has 2 aromatic rings. The number of hydrogen-bond donors (Lipinski definition) is 2. The first kappa shape index (κ1) is 17.8. The molecule has 0 aliphatic carbocycles. The number of ether oxygens (including phenoxy) is 1. The summed E-state index contributed by atoms with van der Waals surface area (Å²) in [6.07, 6.45) is 0. The largest absolute Gasteiger partial charge is 0.496 e. The second-order valence-electron chi connectivity index (χ2n) is 5.51. The average Bonchev–Trinajstić information content (AvgIpc) is 2.55. The van der Waals surface area contributed by atoms with Crippen LogP contribution in [0.3, 0.4) is 0 Å². The molecule has 2 aromatic carbocycles. The normalized spacial score (nSPS) is 11.4. The molecule has 2 N–H and O–H groups in total. The number of nitrogens with zero attached hydrogens (tertiary/aromatic N) is 1. The van der Waals surface area contributed by atoms with Crippen LogP contribution in [0.1, 0.15) is 11.1 Å². The van der Waals surface area contributed by atoms with E-state index in [1.165, 1.54) is 0 Å². The number of likely N-dealkylation sites (N-methyl/N-ethyl adjacent to an activating group) is 1. The van der Waals surface area contributed by atoms with Crippen LogP contribution in [0, 0.1) is 11.3 Å². The minimum Gasteiger partial charge on any atom is -0.496 e. The molecular formula is C18H19ClN3O2+. The summed E-state index contributed by atoms with van der Waals surface area (Å²) in [5.41, 5.74) is 2.08. The van der Waals surface area contributed by atoms with Crippen molar-refractivity contribution in [3.8, 4) is 11.8 Å². The van der Waals surface area contributed by atoms with E-state index >= 15 is 0 Å². The first-order valence-electron chi connectivity index (χ1n) is 7.45. The Morgan fingerprint density at radius 1 is 1.33 bits per heavy atom. The maximum Gasteiger partial charge on any atom is 0.279 e. The molecule has 0 bridgehead atoms. The number of nitrogens with one attached hydrogen (secondary N) is 2. The summed E-state index contributed by atoms with van der Waals surface area (Å²) < 4.78 is 5.32. The van der Waals surface area contributed by atoms with Crippen molar-refractivity contribution < 1.29 is 14.4 Å². The minimum atomic E-state index is -0.122. The molecule has 1 atom stereocenters. The molecular weight excluding hydrogens is 326 g/mol. The van der Waals surface area contributed by atoms with Gasteiger partial charge in [-0.05, 0) is 36.4 Å². The van der Waals surface area contributed by atoms with E-state index < -0.39 is 0 Å². The van der Waals surface area contributed by atoms with E-state index in [4.69, 9.17) is 21.6 Å². The van der Waals surface area contributed by atoms with Gasteiger partial charge in [-0.25, -0.2) is 0 Å². The third-order valence-corrected chi connectivity index (χ3v) is 3.71. The van der Waals surface area contributed by atoms with E-state index in [1.54, 1.807) is 37.4 Å². The van der Waals surface area contributed by atoms with Gasteiger partial charge in [0.15, 0.2) is 6.54 Å². The Labute approximate surface area is 146 Å². The fourth-order valence-electron chi connectivity index (χ4n) is 2.42. The number of quaternary nitrogens is 1. The molecule has 0 heterocycles. The molecule has 0 fully saturated rings. The van der Waals surface area contributed by atoms with Gasteiger partial charge in [0.1, 0.15) is 12.3 Å². The number of nitriles is 1. The van der Waals surface area contributed by atoms with E-state index in [0.29, 0.717) is 22.8 Å². The van der Waals surface area contributed by atoms with Gasteiger partial charge >= 0.3 is 0 Å². The Bertz CT molecular complexity index is 771. The molecule has 0 saturated carbocycles. The third-order valence-electron chi connectivity index (χ3n) is 3.47. The maximum absolute atomic E-state index is 12.2. The fraction of sp³-hybridized carbons (Fsp3) is 0.222. The number of carbonyl (C=O) groups is 1. The molecule has 124 valence electrons. The van der Waals surface area contributed by atoms with Crippen LogP contribution in [-0.2, 0) is 11.3 Å². The first-order valence-corrected chi connectivity index (χ1v) is 7.83. The van der Waals surface area contributed by atoms with E-state index in [-0.39, 0.29) is 12.5 Å². The van der Waals surface area contributed by atoms with Crippen molar-refractivity contribution in [2.75, 3.05) is 26.0 Å². The van der Waals surface area contributed by atoms with Crippen LogP contribution in [0.2, 0.25) is 5.02 Å². The van der Waals surface area contributed by atoms with Crippen molar-refractivity contribution in [3.63, 3.8) is 0 Å². The van der Waals surface area contributed by atoms with Gasteiger partial charge in [0.05, 0.1) is 25.8 Å². The molecule has 5 nitrogen and oxygen atoms in total. The number of halogens is 1. The molecule has 6 heteroatoms. The van der Waals surface area contributed by atoms with Crippen LogP contribution in [0.4, 0.5) is 5.69 Å². The van der Waals surface area contributed by atoms with Crippen LogP contribution in [-0.4, -0.2) is 26.6 Å². The molecule has 0 radical (unpaired) electrons. The standard InChI is InChI=1S/C18H18ClN3O2/c1-22(11-14-9-15(19)6-7-17(14)24-2)12-18(23)21-16-5-3-4-13(8-16)10-20/h3-9H,11-12H2,1-2H3,(H,21,23)/p+1. The highest BCUT2D eigenvalue weighted by molar-refractivity contribution is 6.30. The zero-order chi connectivity index (χ0) is 17.5. The SMILES string of the molecule is COc1ccc(Cl)cc1C[NH+](C)CC(=O)Nc1cccc(C#N)c1. The fourth-order valence-corrected chi connectivity index (χ4v) is 2.61. The number of hydrogen-bond acceptors (Lipinski definition) is 3. The maximum atomic E-state index is 12.2. The van der Waals surface area contributed by atoms with Gasteiger partial charge < -0.3 is 15.0 Å². The summed E-state index contributed by atoms with van der Waals surface area (Å²) in [5.74, 6) is 0.629. The second kappa shape index (κ2) is 8.34. The molecule has 24 heavy (non-hydrogen) atoms. The molecule has 0 aromatic heterocycles. The third kappa shape index (κ3) is 4.98. The zero-order valence-electron chi connectivity index (χ0n) is 13.6. The summed E-state index contributed by atoms with van der Waals surface area (Å²) in [5, 5.41) is 12.3. The van der Waals surface area contributed by atoms with Gasteiger partial charge in [-0.15, -0.1) is 0 Å². The van der Waals surface area contributed by atoms with Crippen molar-refractivity contribution in [1.29, 1.82) is 5.26 Å². The van der Waals surface area contributed by atoms with Gasteiger partial charge in [-0.2, -0.15) is 5.26 Å². The van der Waals surface area contributed by atoms with Crippen LogP contribution in [0.25, 0.3) is 0 Å². The molecule has 0 spiro atoms. The van der Waals surface area contributed by atoms with Crippen LogP contribution in [0.15, 0.2) is 42.5 Å². The lowest BCUT2D eigenvalue weighted by atomic mass is 10.2. The number of rotatable bonds is 6. The first-order chi connectivity index (χ1) is 11.5. The van der Waals surface area contributed by atoms with Crippen molar-refractivity contribution in [2.45, 2.75) is 6.54 Å². The monoisotopic (exact) mass is 344 g/mol. The molecule has 0 aliphatic heterocycles. The summed E-state index contributed by atoms with van der Waals surface area (Å²) in [7, 11) is 3.53. The van der Waals surface area contributed by atoms with Crippen LogP contribution < -0.4 is 15.0 Å². The van der Waals surface area contributed by atoms with Gasteiger partial charge in [-0.1, -0.05) is 17.7 Å². The van der Waals surface area contributed by atoms with Gasteiger partial charge in [0.25, 0.3) is 5.91 Å². The number of benzene rings is 2. The van der Waals surface area contributed by atoms with Gasteiger partial charge in [0, 0.05) is 16.3 Å². The molecule has 0 saturated heterocycles. The highest BCUT2D eigenvalue weighted by Crippen LogP contribution is 2.21. The number of amides is 1. The van der Waals surface area contributed by atoms with Crippen molar-refractivity contribution in [1.82, 2.24) is 0 Å². The zero-order valence-corrected chi connectivity index (χ0v) is 14.4. The van der Waals surface area contributed by atoms with E-state index in [0.717, 1.165) is 16.2 Å². The smallest absolute Gasteiger partial charge is 0.279 e.